The number of nitrogens with one attached hydrogen (secondary N) is 1. The van der Waals surface area contributed by atoms with Crippen molar-refractivity contribution in [3.05, 3.63) is 21.3 Å². The maximum absolute atomic E-state index is 8.85. The first-order valence-corrected chi connectivity index (χ1v) is 5.45. The minimum atomic E-state index is 0.121. The first-order chi connectivity index (χ1) is 6.13. The Morgan fingerprint density at radius 1 is 1.54 bits per heavy atom. The van der Waals surface area contributed by atoms with E-state index in [-0.39, 0.29) is 18.7 Å². The second-order valence-electron chi connectivity index (χ2n) is 3.11. The second kappa shape index (κ2) is 4.96. The molecule has 0 aliphatic rings. The third-order valence-electron chi connectivity index (χ3n) is 1.83. The summed E-state index contributed by atoms with van der Waals surface area (Å²) in [5.41, 5.74) is 0. The molecule has 4 heteroatoms. The monoisotopic (exact) mass is 219 g/mol. The highest BCUT2D eigenvalue weighted by atomic mass is 35.5. The van der Waals surface area contributed by atoms with E-state index in [2.05, 4.69) is 12.2 Å². The third-order valence-corrected chi connectivity index (χ3v) is 3.24. The van der Waals surface area contributed by atoms with Gasteiger partial charge in [-0.05, 0) is 26.0 Å². The van der Waals surface area contributed by atoms with Gasteiger partial charge in [0.05, 0.1) is 10.9 Å². The molecule has 0 bridgehead atoms. The first-order valence-electron chi connectivity index (χ1n) is 4.25. The van der Waals surface area contributed by atoms with Gasteiger partial charge in [0.2, 0.25) is 0 Å². The fourth-order valence-corrected chi connectivity index (χ4v) is 2.20. The van der Waals surface area contributed by atoms with E-state index in [1.54, 1.807) is 11.3 Å². The summed E-state index contributed by atoms with van der Waals surface area (Å²) in [6.45, 7) is 4.17. The van der Waals surface area contributed by atoms with E-state index >= 15 is 0 Å². The molecular weight excluding hydrogens is 206 g/mol. The molecular formula is C9H14ClNOS. The number of thiophene rings is 1. The van der Waals surface area contributed by atoms with Crippen molar-refractivity contribution < 1.29 is 5.11 Å². The molecule has 0 radical (unpaired) electrons. The Kier molecular flexibility index (Phi) is 4.19. The van der Waals surface area contributed by atoms with Crippen molar-refractivity contribution in [1.29, 1.82) is 0 Å². The van der Waals surface area contributed by atoms with Gasteiger partial charge in [0.1, 0.15) is 0 Å². The maximum atomic E-state index is 8.85. The van der Waals surface area contributed by atoms with Gasteiger partial charge < -0.3 is 10.4 Å². The third kappa shape index (κ3) is 3.27. The number of halogens is 1. The normalized spacial score (nSPS) is 15.7. The average molecular weight is 220 g/mol. The van der Waals surface area contributed by atoms with Crippen LogP contribution < -0.4 is 5.32 Å². The van der Waals surface area contributed by atoms with Crippen LogP contribution in [0, 0.1) is 0 Å². The van der Waals surface area contributed by atoms with Crippen LogP contribution in [0.25, 0.3) is 0 Å². The van der Waals surface area contributed by atoms with Gasteiger partial charge in [-0.15, -0.1) is 11.3 Å². The van der Waals surface area contributed by atoms with Crippen molar-refractivity contribution in [1.82, 2.24) is 5.32 Å². The topological polar surface area (TPSA) is 32.3 Å². The fourth-order valence-electron chi connectivity index (χ4n) is 1.12. The lowest BCUT2D eigenvalue weighted by Gasteiger charge is -2.16. The maximum Gasteiger partial charge on any atom is 0.0931 e. The van der Waals surface area contributed by atoms with Crippen molar-refractivity contribution in [3.8, 4) is 0 Å². The van der Waals surface area contributed by atoms with E-state index in [1.165, 1.54) is 4.88 Å². The van der Waals surface area contributed by atoms with Crippen molar-refractivity contribution in [3.63, 3.8) is 0 Å². The quantitative estimate of drug-likeness (QED) is 0.816. The number of hydrogen-bond donors (Lipinski definition) is 2. The smallest absolute Gasteiger partial charge is 0.0931 e. The molecule has 1 aromatic heterocycles. The minimum absolute atomic E-state index is 0.121. The molecule has 0 unspecified atom stereocenters. The molecule has 0 saturated heterocycles. The first kappa shape index (κ1) is 11.0. The molecule has 0 aromatic carbocycles. The molecule has 2 N–H and O–H groups in total. The Morgan fingerprint density at radius 2 is 2.23 bits per heavy atom. The summed E-state index contributed by atoms with van der Waals surface area (Å²) >= 11 is 7.39. The van der Waals surface area contributed by atoms with Crippen molar-refractivity contribution in [2.45, 2.75) is 25.9 Å². The Balaban J connectivity index is 2.53. The van der Waals surface area contributed by atoms with E-state index in [9.17, 15) is 0 Å². The van der Waals surface area contributed by atoms with Crippen LogP contribution in [-0.4, -0.2) is 17.8 Å². The van der Waals surface area contributed by atoms with Crippen LogP contribution in [-0.2, 0) is 0 Å². The van der Waals surface area contributed by atoms with Crippen LogP contribution in [0.4, 0.5) is 0 Å². The summed E-state index contributed by atoms with van der Waals surface area (Å²) in [5, 5.41) is 12.1. The number of hydrogen-bond acceptors (Lipinski definition) is 3. The Labute approximate surface area is 87.5 Å². The fraction of sp³-hybridized carbons (Fsp3) is 0.556. The summed E-state index contributed by atoms with van der Waals surface area (Å²) in [6.07, 6.45) is 0. The Bertz CT molecular complexity index is 264. The molecule has 1 heterocycles. The summed E-state index contributed by atoms with van der Waals surface area (Å²) in [7, 11) is 0. The van der Waals surface area contributed by atoms with Crippen molar-refractivity contribution >= 4 is 22.9 Å². The largest absolute Gasteiger partial charge is 0.395 e. The number of rotatable bonds is 4. The minimum Gasteiger partial charge on any atom is -0.395 e. The standard InChI is InChI=1S/C9H14ClNOS/c1-6(5-12)11-7(2)8-3-4-9(10)13-8/h3-4,6-7,11-12H,5H2,1-2H3/t6-,7-/m1/s1. The highest BCUT2D eigenvalue weighted by Gasteiger charge is 2.10. The second-order valence-corrected chi connectivity index (χ2v) is 4.86. The highest BCUT2D eigenvalue weighted by molar-refractivity contribution is 7.16. The summed E-state index contributed by atoms with van der Waals surface area (Å²) in [4.78, 5) is 1.20. The van der Waals surface area contributed by atoms with E-state index in [0.717, 1.165) is 4.34 Å². The number of aliphatic hydroxyl groups is 1. The van der Waals surface area contributed by atoms with Gasteiger partial charge in [-0.25, -0.2) is 0 Å². The summed E-state index contributed by atoms with van der Waals surface area (Å²) in [6, 6.07) is 4.27. The van der Waals surface area contributed by atoms with Gasteiger partial charge in [-0.3, -0.25) is 0 Å². The van der Waals surface area contributed by atoms with Crippen LogP contribution >= 0.6 is 22.9 Å². The highest BCUT2D eigenvalue weighted by Crippen LogP contribution is 2.26. The molecule has 1 rings (SSSR count). The van der Waals surface area contributed by atoms with Crippen molar-refractivity contribution in [2.75, 3.05) is 6.61 Å². The molecule has 0 aliphatic heterocycles. The van der Waals surface area contributed by atoms with Crippen molar-refractivity contribution in [2.24, 2.45) is 0 Å². The molecule has 0 fully saturated rings. The van der Waals surface area contributed by atoms with E-state index in [1.807, 2.05) is 19.1 Å². The molecule has 1 aromatic rings. The van der Waals surface area contributed by atoms with Gasteiger partial charge >= 0.3 is 0 Å². The summed E-state index contributed by atoms with van der Waals surface area (Å²) in [5.74, 6) is 0. The van der Waals surface area contributed by atoms with Crippen LogP contribution in [0.15, 0.2) is 12.1 Å². The lowest BCUT2D eigenvalue weighted by atomic mass is 10.2. The summed E-state index contributed by atoms with van der Waals surface area (Å²) < 4.78 is 0.806. The zero-order valence-electron chi connectivity index (χ0n) is 7.75. The van der Waals surface area contributed by atoms with Gasteiger partial charge in [0.25, 0.3) is 0 Å². The lowest BCUT2D eigenvalue weighted by molar-refractivity contribution is 0.243. The molecule has 0 spiro atoms. The SMILES string of the molecule is C[C@H](CO)N[C@H](C)c1ccc(Cl)s1. The molecule has 0 saturated carbocycles. The molecule has 2 nitrogen and oxygen atoms in total. The van der Waals surface area contributed by atoms with Crippen LogP contribution in [0.3, 0.4) is 0 Å². The van der Waals surface area contributed by atoms with E-state index in [0.29, 0.717) is 0 Å². The van der Waals surface area contributed by atoms with Crippen LogP contribution in [0.1, 0.15) is 24.8 Å². The van der Waals surface area contributed by atoms with Gasteiger partial charge in [0.15, 0.2) is 0 Å². The molecule has 2 atom stereocenters. The van der Waals surface area contributed by atoms with E-state index < -0.39 is 0 Å². The predicted octanol–water partition coefficient (Wildman–Crippen LogP) is 2.43. The Hall–Kier alpha value is -0.0900. The zero-order chi connectivity index (χ0) is 9.84. The van der Waals surface area contributed by atoms with Gasteiger partial charge in [-0.1, -0.05) is 11.6 Å². The molecule has 0 amide bonds. The average Bonchev–Trinajstić information content (AvgIpc) is 2.51. The van der Waals surface area contributed by atoms with Gasteiger partial charge in [-0.2, -0.15) is 0 Å². The van der Waals surface area contributed by atoms with E-state index in [4.69, 9.17) is 16.7 Å². The zero-order valence-corrected chi connectivity index (χ0v) is 9.32. The number of aliphatic hydroxyl groups excluding tert-OH is 1. The molecule has 13 heavy (non-hydrogen) atoms. The van der Waals surface area contributed by atoms with Crippen LogP contribution in [0.5, 0.6) is 0 Å². The molecule has 0 aliphatic carbocycles. The molecule has 74 valence electrons. The Morgan fingerprint density at radius 3 is 2.69 bits per heavy atom. The predicted molar refractivity (Wildman–Crippen MR) is 57.4 cm³/mol. The lowest BCUT2D eigenvalue weighted by Crippen LogP contribution is -2.31. The van der Waals surface area contributed by atoms with Gasteiger partial charge in [0, 0.05) is 17.0 Å². The van der Waals surface area contributed by atoms with Crippen LogP contribution in [0.2, 0.25) is 4.34 Å².